The van der Waals surface area contributed by atoms with Crippen LogP contribution in [0.25, 0.3) is 11.1 Å². The van der Waals surface area contributed by atoms with E-state index in [0.29, 0.717) is 21.4 Å². The molecule has 1 aromatic heterocycles. The van der Waals surface area contributed by atoms with Crippen molar-refractivity contribution < 1.29 is 18.7 Å². The summed E-state index contributed by atoms with van der Waals surface area (Å²) in [7, 11) is 0. The Morgan fingerprint density at radius 2 is 1.88 bits per heavy atom. The number of para-hydroxylation sites is 2. The number of thioether (sulfide) groups is 1. The topological polar surface area (TPSA) is 69.4 Å². The Hall–Kier alpha value is -2.31. The number of carbonyl (C=O) groups is 2. The molecule has 0 amide bonds. The number of ketones is 1. The van der Waals surface area contributed by atoms with Gasteiger partial charge in [-0.05, 0) is 24.3 Å². The van der Waals surface area contributed by atoms with Crippen molar-refractivity contribution in [3.63, 3.8) is 0 Å². The molecule has 0 radical (unpaired) electrons. The van der Waals surface area contributed by atoms with E-state index in [0.717, 1.165) is 17.3 Å². The summed E-state index contributed by atoms with van der Waals surface area (Å²) >= 11 is 7.04. The zero-order valence-corrected chi connectivity index (χ0v) is 14.0. The number of Topliss-reactive ketones (excluding diaryl/α,β-unsaturated/α-hetero) is 1. The van der Waals surface area contributed by atoms with Crippen LogP contribution < -0.4 is 0 Å². The highest BCUT2D eigenvalue weighted by Crippen LogP contribution is 2.23. The summed E-state index contributed by atoms with van der Waals surface area (Å²) in [6, 6.07) is 13.9. The second-order valence-electron chi connectivity index (χ2n) is 4.80. The van der Waals surface area contributed by atoms with E-state index >= 15 is 0 Å². The van der Waals surface area contributed by atoms with E-state index in [-0.39, 0.29) is 18.1 Å². The highest BCUT2D eigenvalue weighted by Gasteiger charge is 2.14. The van der Waals surface area contributed by atoms with Gasteiger partial charge in [-0.15, -0.1) is 0 Å². The molecule has 0 unspecified atom stereocenters. The minimum atomic E-state index is -0.525. The van der Waals surface area contributed by atoms with Gasteiger partial charge in [0.1, 0.15) is 11.3 Å². The van der Waals surface area contributed by atoms with Crippen LogP contribution in [-0.4, -0.2) is 29.1 Å². The minimum Gasteiger partial charge on any atom is -0.457 e. The zero-order valence-electron chi connectivity index (χ0n) is 12.4. The molecule has 7 heteroatoms. The molecule has 0 saturated carbocycles. The fourth-order valence-corrected chi connectivity index (χ4v) is 2.86. The van der Waals surface area contributed by atoms with Gasteiger partial charge in [-0.3, -0.25) is 9.59 Å². The van der Waals surface area contributed by atoms with Crippen LogP contribution in [0.1, 0.15) is 10.4 Å². The molecule has 1 heterocycles. The number of nitrogens with zero attached hydrogens (tertiary/aromatic N) is 1. The first kappa shape index (κ1) is 16.5. The molecule has 0 saturated heterocycles. The van der Waals surface area contributed by atoms with Gasteiger partial charge < -0.3 is 9.15 Å². The molecule has 2 aromatic carbocycles. The van der Waals surface area contributed by atoms with E-state index in [2.05, 4.69) is 4.98 Å². The van der Waals surface area contributed by atoms with Crippen molar-refractivity contribution in [3.8, 4) is 0 Å². The number of halogens is 1. The molecule has 5 nitrogen and oxygen atoms in total. The standard InChI is InChI=1S/C17H12ClNO4S/c18-12-6-2-1-5-11(12)14(20)9-22-16(21)10-24-17-19-13-7-3-4-8-15(13)23-17/h1-8H,9-10H2. The molecule has 0 N–H and O–H groups in total. The Bertz CT molecular complexity index is 860. The largest absolute Gasteiger partial charge is 0.457 e. The lowest BCUT2D eigenvalue weighted by molar-refractivity contribution is -0.139. The minimum absolute atomic E-state index is 0.00260. The normalized spacial score (nSPS) is 10.7. The van der Waals surface area contributed by atoms with Gasteiger partial charge in [-0.1, -0.05) is 47.6 Å². The third kappa shape index (κ3) is 3.96. The lowest BCUT2D eigenvalue weighted by atomic mass is 10.1. The van der Waals surface area contributed by atoms with E-state index in [1.165, 1.54) is 0 Å². The predicted molar refractivity (Wildman–Crippen MR) is 91.5 cm³/mol. The number of esters is 1. The summed E-state index contributed by atoms with van der Waals surface area (Å²) in [4.78, 5) is 28.0. The predicted octanol–water partition coefficient (Wildman–Crippen LogP) is 4.00. The fourth-order valence-electron chi connectivity index (χ4n) is 1.99. The van der Waals surface area contributed by atoms with Crippen molar-refractivity contribution in [2.45, 2.75) is 5.22 Å². The zero-order chi connectivity index (χ0) is 16.9. The lowest BCUT2D eigenvalue weighted by Gasteiger charge is -2.04. The maximum absolute atomic E-state index is 12.0. The molecule has 122 valence electrons. The molecule has 0 aliphatic carbocycles. The molecule has 0 aliphatic rings. The number of fused-ring (bicyclic) bond motifs is 1. The van der Waals surface area contributed by atoms with Gasteiger partial charge >= 0.3 is 5.97 Å². The van der Waals surface area contributed by atoms with Gasteiger partial charge in [0, 0.05) is 5.56 Å². The average molecular weight is 362 g/mol. The van der Waals surface area contributed by atoms with Crippen LogP contribution in [-0.2, 0) is 9.53 Å². The molecule has 0 spiro atoms. The first-order chi connectivity index (χ1) is 11.6. The average Bonchev–Trinajstić information content (AvgIpc) is 3.01. The van der Waals surface area contributed by atoms with Gasteiger partial charge in [0.25, 0.3) is 5.22 Å². The fraction of sp³-hybridized carbons (Fsp3) is 0.118. The molecule has 0 atom stereocenters. The first-order valence-electron chi connectivity index (χ1n) is 7.05. The Morgan fingerprint density at radius 1 is 1.12 bits per heavy atom. The van der Waals surface area contributed by atoms with Crippen LogP contribution in [0.5, 0.6) is 0 Å². The number of hydrogen-bond acceptors (Lipinski definition) is 6. The number of benzene rings is 2. The van der Waals surface area contributed by atoms with Crippen LogP contribution in [0.15, 0.2) is 58.2 Å². The van der Waals surface area contributed by atoms with Crippen molar-refractivity contribution >= 4 is 46.2 Å². The van der Waals surface area contributed by atoms with E-state index in [1.54, 1.807) is 30.3 Å². The highest BCUT2D eigenvalue weighted by atomic mass is 35.5. The van der Waals surface area contributed by atoms with E-state index < -0.39 is 5.97 Å². The van der Waals surface area contributed by atoms with Crippen LogP contribution in [0.4, 0.5) is 0 Å². The van der Waals surface area contributed by atoms with Crippen LogP contribution in [0.2, 0.25) is 5.02 Å². The van der Waals surface area contributed by atoms with Gasteiger partial charge in [0.2, 0.25) is 5.78 Å². The molecule has 0 bridgehead atoms. The maximum atomic E-state index is 12.0. The molecule has 3 rings (SSSR count). The maximum Gasteiger partial charge on any atom is 0.316 e. The number of carbonyl (C=O) groups excluding carboxylic acids is 2. The summed E-state index contributed by atoms with van der Waals surface area (Å²) in [6.45, 7) is -0.351. The number of ether oxygens (including phenoxy) is 1. The van der Waals surface area contributed by atoms with E-state index in [9.17, 15) is 9.59 Å². The van der Waals surface area contributed by atoms with Crippen molar-refractivity contribution in [2.24, 2.45) is 0 Å². The smallest absolute Gasteiger partial charge is 0.316 e. The Balaban J connectivity index is 1.51. The first-order valence-corrected chi connectivity index (χ1v) is 8.41. The summed E-state index contributed by atoms with van der Waals surface area (Å²) in [5, 5.41) is 0.713. The summed E-state index contributed by atoms with van der Waals surface area (Å²) < 4.78 is 10.5. The third-order valence-electron chi connectivity index (χ3n) is 3.13. The van der Waals surface area contributed by atoms with Crippen molar-refractivity contribution in [2.75, 3.05) is 12.4 Å². The van der Waals surface area contributed by atoms with Gasteiger partial charge in [0.15, 0.2) is 12.2 Å². The quantitative estimate of drug-likeness (QED) is 0.375. The monoisotopic (exact) mass is 361 g/mol. The summed E-state index contributed by atoms with van der Waals surface area (Å²) in [5.41, 5.74) is 1.71. The number of aromatic nitrogens is 1. The number of oxazole rings is 1. The molecular formula is C17H12ClNO4S. The van der Waals surface area contributed by atoms with Gasteiger partial charge in [0.05, 0.1) is 5.02 Å². The van der Waals surface area contributed by atoms with Crippen molar-refractivity contribution in [3.05, 3.63) is 59.1 Å². The van der Waals surface area contributed by atoms with Crippen LogP contribution >= 0.6 is 23.4 Å². The molecule has 0 aliphatic heterocycles. The Kier molecular flexibility index (Phi) is 5.17. The number of rotatable bonds is 6. The van der Waals surface area contributed by atoms with Crippen LogP contribution in [0.3, 0.4) is 0 Å². The molecule has 0 fully saturated rings. The SMILES string of the molecule is O=C(CSc1nc2ccccc2o1)OCC(=O)c1ccccc1Cl. The Morgan fingerprint density at radius 3 is 2.67 bits per heavy atom. The summed E-state index contributed by atoms with van der Waals surface area (Å²) in [5.74, 6) is -0.869. The molecule has 3 aromatic rings. The molecule has 24 heavy (non-hydrogen) atoms. The lowest BCUT2D eigenvalue weighted by Crippen LogP contribution is -2.15. The van der Waals surface area contributed by atoms with Gasteiger partial charge in [-0.25, -0.2) is 4.98 Å². The van der Waals surface area contributed by atoms with Crippen molar-refractivity contribution in [1.29, 1.82) is 0 Å². The van der Waals surface area contributed by atoms with E-state index in [1.807, 2.05) is 18.2 Å². The second kappa shape index (κ2) is 7.51. The molecular weight excluding hydrogens is 350 g/mol. The summed E-state index contributed by atoms with van der Waals surface area (Å²) in [6.07, 6.45) is 0. The Labute approximate surface area is 147 Å². The number of hydrogen-bond donors (Lipinski definition) is 0. The second-order valence-corrected chi connectivity index (χ2v) is 6.13. The third-order valence-corrected chi connectivity index (χ3v) is 4.26. The van der Waals surface area contributed by atoms with Gasteiger partial charge in [-0.2, -0.15) is 0 Å². The highest BCUT2D eigenvalue weighted by molar-refractivity contribution is 7.99. The van der Waals surface area contributed by atoms with E-state index in [4.69, 9.17) is 20.8 Å². The van der Waals surface area contributed by atoms with Crippen molar-refractivity contribution in [1.82, 2.24) is 4.98 Å². The van der Waals surface area contributed by atoms with Crippen LogP contribution in [0, 0.1) is 0 Å².